The molecular weight excluding hydrogens is 216 g/mol. The van der Waals surface area contributed by atoms with Crippen LogP contribution in [-0.2, 0) is 20.5 Å². The van der Waals surface area contributed by atoms with Gasteiger partial charge in [0.25, 0.3) is 0 Å². The van der Waals surface area contributed by atoms with Gasteiger partial charge in [-0.25, -0.2) is 4.79 Å². The molecule has 0 spiro atoms. The monoisotopic (exact) mass is 232 g/mol. The zero-order valence-corrected chi connectivity index (χ0v) is 10.1. The summed E-state index contributed by atoms with van der Waals surface area (Å²) in [6.45, 7) is 0. The van der Waals surface area contributed by atoms with E-state index in [2.05, 4.69) is 0 Å². The average molecular weight is 232 g/mol. The van der Waals surface area contributed by atoms with Crippen molar-refractivity contribution in [3.63, 3.8) is 0 Å². The van der Waals surface area contributed by atoms with Crippen LogP contribution in [-0.4, -0.2) is 19.8 Å². The van der Waals surface area contributed by atoms with Crippen molar-refractivity contribution >= 4 is 11.0 Å². The molecule has 1 aliphatic carbocycles. The standard InChI is InChI=1S/C13H16N2O2/c1-14-10-4-3-9(8-13(17)5-6-13)7-11(10)15(2)12(14)16/h3-4,7,17H,5-6,8H2,1-2H3. The molecule has 1 fully saturated rings. The van der Waals surface area contributed by atoms with Crippen LogP contribution < -0.4 is 5.69 Å². The Labute approximate surface area is 99.1 Å². The van der Waals surface area contributed by atoms with Gasteiger partial charge < -0.3 is 5.11 Å². The molecule has 1 N–H and O–H groups in total. The Morgan fingerprint density at radius 1 is 1.24 bits per heavy atom. The Balaban J connectivity index is 2.12. The molecule has 0 amide bonds. The van der Waals surface area contributed by atoms with E-state index in [0.717, 1.165) is 29.4 Å². The second kappa shape index (κ2) is 3.23. The van der Waals surface area contributed by atoms with Crippen molar-refractivity contribution < 1.29 is 5.11 Å². The minimum atomic E-state index is -0.485. The summed E-state index contributed by atoms with van der Waals surface area (Å²) in [6, 6.07) is 5.96. The smallest absolute Gasteiger partial charge is 0.328 e. The zero-order chi connectivity index (χ0) is 12.2. The second-order valence-electron chi connectivity index (χ2n) is 5.12. The molecule has 0 atom stereocenters. The van der Waals surface area contributed by atoms with Gasteiger partial charge in [0.05, 0.1) is 16.6 Å². The Hall–Kier alpha value is -1.55. The molecule has 0 bridgehead atoms. The number of fused-ring (bicyclic) bond motifs is 1. The first-order valence-corrected chi connectivity index (χ1v) is 5.87. The lowest BCUT2D eigenvalue weighted by Gasteiger charge is -2.07. The number of aliphatic hydroxyl groups is 1. The molecule has 90 valence electrons. The number of aromatic nitrogens is 2. The Morgan fingerprint density at radius 3 is 2.53 bits per heavy atom. The number of hydrogen-bond donors (Lipinski definition) is 1. The summed E-state index contributed by atoms with van der Waals surface area (Å²) < 4.78 is 3.29. The van der Waals surface area contributed by atoms with Gasteiger partial charge in [0.2, 0.25) is 0 Å². The number of rotatable bonds is 2. The maximum Gasteiger partial charge on any atom is 0.328 e. The lowest BCUT2D eigenvalue weighted by Crippen LogP contribution is -2.19. The highest BCUT2D eigenvalue weighted by molar-refractivity contribution is 5.76. The van der Waals surface area contributed by atoms with Gasteiger partial charge in [0, 0.05) is 20.5 Å². The van der Waals surface area contributed by atoms with E-state index in [1.54, 1.807) is 23.2 Å². The van der Waals surface area contributed by atoms with Crippen molar-refractivity contribution in [1.29, 1.82) is 0 Å². The van der Waals surface area contributed by atoms with E-state index >= 15 is 0 Å². The summed E-state index contributed by atoms with van der Waals surface area (Å²) in [7, 11) is 3.55. The van der Waals surface area contributed by atoms with Crippen LogP contribution in [0, 0.1) is 0 Å². The van der Waals surface area contributed by atoms with Crippen molar-refractivity contribution in [3.05, 3.63) is 34.2 Å². The minimum Gasteiger partial charge on any atom is -0.390 e. The molecule has 0 saturated heterocycles. The fourth-order valence-electron chi connectivity index (χ4n) is 2.36. The van der Waals surface area contributed by atoms with Gasteiger partial charge in [0.15, 0.2) is 0 Å². The van der Waals surface area contributed by atoms with Crippen molar-refractivity contribution in [1.82, 2.24) is 9.13 Å². The van der Waals surface area contributed by atoms with E-state index in [1.807, 2.05) is 18.2 Å². The Kier molecular flexibility index (Phi) is 2.01. The molecule has 17 heavy (non-hydrogen) atoms. The minimum absolute atomic E-state index is 0.0118. The predicted octanol–water partition coefficient (Wildman–Crippen LogP) is 0.944. The Bertz CT molecular complexity index is 647. The van der Waals surface area contributed by atoms with Crippen LogP contribution in [0.15, 0.2) is 23.0 Å². The number of nitrogens with zero attached hydrogens (tertiary/aromatic N) is 2. The summed E-state index contributed by atoms with van der Waals surface area (Å²) in [6.07, 6.45) is 2.46. The van der Waals surface area contributed by atoms with Crippen molar-refractivity contribution in [3.8, 4) is 0 Å². The normalized spacial score (nSPS) is 17.6. The number of hydrogen-bond acceptors (Lipinski definition) is 2. The van der Waals surface area contributed by atoms with E-state index in [9.17, 15) is 9.90 Å². The fraction of sp³-hybridized carbons (Fsp3) is 0.462. The van der Waals surface area contributed by atoms with Crippen LogP contribution >= 0.6 is 0 Å². The highest BCUT2D eigenvalue weighted by Crippen LogP contribution is 2.38. The number of imidazole rings is 1. The highest BCUT2D eigenvalue weighted by atomic mass is 16.3. The summed E-state index contributed by atoms with van der Waals surface area (Å²) in [5, 5.41) is 9.91. The van der Waals surface area contributed by atoms with Crippen LogP contribution in [0.2, 0.25) is 0 Å². The van der Waals surface area contributed by atoms with Gasteiger partial charge in [-0.1, -0.05) is 6.07 Å². The molecule has 1 aromatic heterocycles. The molecule has 1 aliphatic rings. The van der Waals surface area contributed by atoms with Crippen LogP contribution in [0.4, 0.5) is 0 Å². The fourth-order valence-corrected chi connectivity index (χ4v) is 2.36. The molecule has 3 rings (SSSR count). The van der Waals surface area contributed by atoms with Crippen LogP contribution in [0.1, 0.15) is 18.4 Å². The average Bonchev–Trinajstić information content (AvgIpc) is 2.99. The van der Waals surface area contributed by atoms with Crippen LogP contribution in [0.25, 0.3) is 11.0 Å². The van der Waals surface area contributed by atoms with Gasteiger partial charge in [0.1, 0.15) is 0 Å². The van der Waals surface area contributed by atoms with Crippen molar-refractivity contribution in [2.24, 2.45) is 14.1 Å². The molecule has 0 radical (unpaired) electrons. The van der Waals surface area contributed by atoms with E-state index in [0.29, 0.717) is 6.42 Å². The number of benzene rings is 1. The third kappa shape index (κ3) is 1.60. The topological polar surface area (TPSA) is 47.2 Å². The quantitative estimate of drug-likeness (QED) is 0.837. The Morgan fingerprint density at radius 2 is 1.88 bits per heavy atom. The molecule has 1 saturated carbocycles. The largest absolute Gasteiger partial charge is 0.390 e. The summed E-state index contributed by atoms with van der Waals surface area (Å²) in [5.41, 5.74) is 2.46. The molecule has 0 unspecified atom stereocenters. The van der Waals surface area contributed by atoms with Gasteiger partial charge in [-0.2, -0.15) is 0 Å². The zero-order valence-electron chi connectivity index (χ0n) is 10.1. The highest BCUT2D eigenvalue weighted by Gasteiger charge is 2.40. The van der Waals surface area contributed by atoms with Crippen molar-refractivity contribution in [2.45, 2.75) is 24.9 Å². The lowest BCUT2D eigenvalue weighted by molar-refractivity contribution is 0.151. The molecule has 4 nitrogen and oxygen atoms in total. The van der Waals surface area contributed by atoms with Crippen molar-refractivity contribution in [2.75, 3.05) is 0 Å². The molecule has 1 aromatic carbocycles. The van der Waals surface area contributed by atoms with Crippen LogP contribution in [0.5, 0.6) is 0 Å². The van der Waals surface area contributed by atoms with E-state index < -0.39 is 5.60 Å². The van der Waals surface area contributed by atoms with Gasteiger partial charge in [-0.05, 0) is 30.5 Å². The first kappa shape index (κ1) is 10.6. The first-order valence-electron chi connectivity index (χ1n) is 5.87. The molecule has 0 aliphatic heterocycles. The van der Waals surface area contributed by atoms with E-state index in [-0.39, 0.29) is 5.69 Å². The summed E-state index contributed by atoms with van der Waals surface area (Å²) in [5.74, 6) is 0. The van der Waals surface area contributed by atoms with E-state index in [4.69, 9.17) is 0 Å². The third-order valence-electron chi connectivity index (χ3n) is 3.70. The van der Waals surface area contributed by atoms with Crippen LogP contribution in [0.3, 0.4) is 0 Å². The van der Waals surface area contributed by atoms with E-state index in [1.165, 1.54) is 0 Å². The maximum atomic E-state index is 11.8. The second-order valence-corrected chi connectivity index (χ2v) is 5.12. The maximum absolute atomic E-state index is 11.8. The molecule has 2 aromatic rings. The number of aryl methyl sites for hydroxylation is 2. The molecular formula is C13H16N2O2. The van der Waals surface area contributed by atoms with Gasteiger partial charge in [-0.15, -0.1) is 0 Å². The summed E-state index contributed by atoms with van der Waals surface area (Å²) >= 11 is 0. The summed E-state index contributed by atoms with van der Waals surface area (Å²) in [4.78, 5) is 11.8. The predicted molar refractivity (Wildman–Crippen MR) is 66.0 cm³/mol. The third-order valence-corrected chi connectivity index (χ3v) is 3.70. The van der Waals surface area contributed by atoms with Gasteiger partial charge >= 0.3 is 5.69 Å². The lowest BCUT2D eigenvalue weighted by atomic mass is 10.1. The first-order chi connectivity index (χ1) is 8.00. The molecule has 1 heterocycles. The SMILES string of the molecule is Cn1c(=O)n(C)c2cc(CC3(O)CC3)ccc21. The molecule has 4 heteroatoms. The van der Waals surface area contributed by atoms with Gasteiger partial charge in [-0.3, -0.25) is 9.13 Å².